The summed E-state index contributed by atoms with van der Waals surface area (Å²) in [5.74, 6) is 0.783. The molecule has 0 amide bonds. The average molecular weight is 312 g/mol. The highest BCUT2D eigenvalue weighted by atomic mass is 32.2. The maximum Gasteiger partial charge on any atom is 0.323 e. The van der Waals surface area contributed by atoms with Crippen molar-refractivity contribution in [3.05, 3.63) is 29.8 Å². The van der Waals surface area contributed by atoms with E-state index in [2.05, 4.69) is 23.2 Å². The molecule has 1 aliphatic rings. The van der Waals surface area contributed by atoms with Crippen LogP contribution in [0.4, 0.5) is 3.89 Å². The van der Waals surface area contributed by atoms with E-state index >= 15 is 0 Å². The second-order valence-electron chi connectivity index (χ2n) is 5.43. The molecule has 21 heavy (non-hydrogen) atoms. The van der Waals surface area contributed by atoms with Crippen LogP contribution in [0.25, 0.3) is 0 Å². The minimum Gasteiger partial charge on any atom is -0.494 e. The highest BCUT2D eigenvalue weighted by Gasteiger charge is 2.28. The van der Waals surface area contributed by atoms with E-state index in [1.165, 1.54) is 5.56 Å². The van der Waals surface area contributed by atoms with Gasteiger partial charge in [0.2, 0.25) is 0 Å². The van der Waals surface area contributed by atoms with Crippen LogP contribution in [0, 0.1) is 5.92 Å². The van der Waals surface area contributed by atoms with E-state index < -0.39 is 5.97 Å². The van der Waals surface area contributed by atoms with Crippen molar-refractivity contribution in [2.45, 2.75) is 44.9 Å². The molecular weight excluding hydrogens is 291 g/mol. The molecule has 0 aromatic heterocycles. The lowest BCUT2D eigenvalue weighted by atomic mass is 9.79. The molecule has 1 aromatic rings. The van der Waals surface area contributed by atoms with Crippen molar-refractivity contribution in [1.82, 2.24) is 0 Å². The summed E-state index contributed by atoms with van der Waals surface area (Å²) in [5, 5.41) is 0. The van der Waals surface area contributed by atoms with E-state index in [9.17, 15) is 8.68 Å². The third kappa shape index (κ3) is 4.63. The van der Waals surface area contributed by atoms with Crippen LogP contribution in [0.15, 0.2) is 24.3 Å². The molecule has 0 saturated heterocycles. The van der Waals surface area contributed by atoms with Gasteiger partial charge in [0, 0.05) is 0 Å². The molecule has 0 aliphatic heterocycles. The minimum absolute atomic E-state index is 0.156. The molecule has 0 N–H and O–H groups in total. The zero-order chi connectivity index (χ0) is 15.1. The van der Waals surface area contributed by atoms with Crippen LogP contribution < -0.4 is 4.74 Å². The second-order valence-corrected chi connectivity index (χ2v) is 5.72. The van der Waals surface area contributed by atoms with Gasteiger partial charge in [0.05, 0.1) is 12.5 Å². The molecule has 1 aliphatic carbocycles. The van der Waals surface area contributed by atoms with Gasteiger partial charge in [-0.25, -0.2) is 0 Å². The summed E-state index contributed by atoms with van der Waals surface area (Å²) in [4.78, 5) is 11.5. The highest BCUT2D eigenvalue weighted by Crippen LogP contribution is 2.37. The third-order valence-corrected chi connectivity index (χ3v) is 4.23. The van der Waals surface area contributed by atoms with Crippen molar-refractivity contribution in [2.24, 2.45) is 5.92 Å². The van der Waals surface area contributed by atoms with Crippen molar-refractivity contribution in [3.63, 3.8) is 0 Å². The molecule has 0 heterocycles. The maximum atomic E-state index is 11.9. The quantitative estimate of drug-likeness (QED) is 0.705. The molecule has 1 fully saturated rings. The molecule has 1 saturated carbocycles. The van der Waals surface area contributed by atoms with Gasteiger partial charge in [-0.1, -0.05) is 19.1 Å². The van der Waals surface area contributed by atoms with E-state index in [0.29, 0.717) is 5.92 Å². The number of hydrogen-bond donors (Lipinski definition) is 0. The monoisotopic (exact) mass is 312 g/mol. The fourth-order valence-electron chi connectivity index (χ4n) is 2.82. The standard InChI is InChI=1S/C16H21FO3S/c1-2-11-19-15-9-7-13(8-10-15)12-3-5-14(6-4-12)16(18)20-21-17/h7-10,12,14H,2-6,11H2,1H3. The lowest BCUT2D eigenvalue weighted by Gasteiger charge is -2.27. The van der Waals surface area contributed by atoms with Crippen molar-refractivity contribution in [2.75, 3.05) is 6.61 Å². The molecule has 0 atom stereocenters. The van der Waals surface area contributed by atoms with Crippen LogP contribution in [0.2, 0.25) is 0 Å². The zero-order valence-electron chi connectivity index (χ0n) is 12.2. The van der Waals surface area contributed by atoms with E-state index in [1.807, 2.05) is 12.1 Å². The topological polar surface area (TPSA) is 35.5 Å². The first kappa shape index (κ1) is 16.1. The Kier molecular flexibility index (Phi) is 6.36. The summed E-state index contributed by atoms with van der Waals surface area (Å²) < 4.78 is 21.9. The first-order valence-electron chi connectivity index (χ1n) is 7.46. The van der Waals surface area contributed by atoms with Gasteiger partial charge in [0.25, 0.3) is 12.4 Å². The fraction of sp³-hybridized carbons (Fsp3) is 0.562. The number of rotatable bonds is 6. The first-order chi connectivity index (χ1) is 10.2. The number of ether oxygens (including phenoxy) is 1. The zero-order valence-corrected chi connectivity index (χ0v) is 13.0. The van der Waals surface area contributed by atoms with Crippen molar-refractivity contribution in [3.8, 4) is 5.75 Å². The molecule has 0 unspecified atom stereocenters. The van der Waals surface area contributed by atoms with Crippen LogP contribution in [0.3, 0.4) is 0 Å². The lowest BCUT2D eigenvalue weighted by molar-refractivity contribution is -0.138. The summed E-state index contributed by atoms with van der Waals surface area (Å²) in [6.45, 7) is 2.82. The van der Waals surface area contributed by atoms with E-state index in [0.717, 1.165) is 44.5 Å². The minimum atomic E-state index is -0.427. The van der Waals surface area contributed by atoms with Gasteiger partial charge in [-0.05, 0) is 55.7 Å². The van der Waals surface area contributed by atoms with Crippen LogP contribution in [0.1, 0.15) is 50.5 Å². The molecule has 0 bridgehead atoms. The molecule has 0 spiro atoms. The normalized spacial score (nSPS) is 21.8. The van der Waals surface area contributed by atoms with Crippen molar-refractivity contribution >= 4 is 18.4 Å². The Hall–Kier alpha value is -1.23. The van der Waals surface area contributed by atoms with Crippen molar-refractivity contribution in [1.29, 1.82) is 0 Å². The largest absolute Gasteiger partial charge is 0.494 e. The van der Waals surface area contributed by atoms with Gasteiger partial charge in [-0.3, -0.25) is 4.79 Å². The molecule has 1 aromatic carbocycles. The van der Waals surface area contributed by atoms with Crippen LogP contribution in [0.5, 0.6) is 5.75 Å². The van der Waals surface area contributed by atoms with E-state index in [-0.39, 0.29) is 18.3 Å². The van der Waals surface area contributed by atoms with Crippen LogP contribution in [-0.4, -0.2) is 12.6 Å². The van der Waals surface area contributed by atoms with Crippen LogP contribution >= 0.6 is 12.4 Å². The summed E-state index contributed by atoms with van der Waals surface area (Å²) in [6.07, 6.45) is 4.40. The smallest absolute Gasteiger partial charge is 0.323 e. The molecule has 5 heteroatoms. The van der Waals surface area contributed by atoms with Gasteiger partial charge in [-0.2, -0.15) is 0 Å². The SMILES string of the molecule is CCCOc1ccc(C2CCC(C(=O)OSF)CC2)cc1. The summed E-state index contributed by atoms with van der Waals surface area (Å²) in [5.41, 5.74) is 1.28. The van der Waals surface area contributed by atoms with E-state index in [1.54, 1.807) is 0 Å². The molecule has 116 valence electrons. The Morgan fingerprint density at radius 1 is 1.24 bits per heavy atom. The van der Waals surface area contributed by atoms with Gasteiger partial charge in [0.1, 0.15) is 5.75 Å². The number of carbonyl (C=O) groups excluding carboxylic acids is 1. The van der Waals surface area contributed by atoms with Gasteiger partial charge in [-0.15, -0.1) is 3.89 Å². The lowest BCUT2D eigenvalue weighted by Crippen LogP contribution is -2.21. The third-order valence-electron chi connectivity index (χ3n) is 4.00. The number of carbonyl (C=O) groups is 1. The predicted octanol–water partition coefficient (Wildman–Crippen LogP) is 4.83. The number of halogens is 1. The molecule has 0 radical (unpaired) electrons. The summed E-state index contributed by atoms with van der Waals surface area (Å²) in [6, 6.07) is 8.22. The second kappa shape index (κ2) is 8.27. The van der Waals surface area contributed by atoms with Crippen molar-refractivity contribution < 1.29 is 17.6 Å². The molecule has 3 nitrogen and oxygen atoms in total. The number of hydrogen-bond acceptors (Lipinski definition) is 4. The van der Waals surface area contributed by atoms with Crippen LogP contribution in [-0.2, 0) is 8.98 Å². The first-order valence-corrected chi connectivity index (χ1v) is 8.10. The summed E-state index contributed by atoms with van der Waals surface area (Å²) in [7, 11) is 0. The Morgan fingerprint density at radius 3 is 2.48 bits per heavy atom. The van der Waals surface area contributed by atoms with Gasteiger partial charge >= 0.3 is 5.97 Å². The Labute approximate surface area is 129 Å². The summed E-state index contributed by atoms with van der Waals surface area (Å²) >= 11 is -0.355. The van der Waals surface area contributed by atoms with Gasteiger partial charge < -0.3 is 8.92 Å². The molecular formula is C16H21FO3S. The Bertz CT molecular complexity index is 441. The van der Waals surface area contributed by atoms with Gasteiger partial charge in [0.15, 0.2) is 0 Å². The Morgan fingerprint density at radius 2 is 1.90 bits per heavy atom. The maximum absolute atomic E-state index is 11.9. The van der Waals surface area contributed by atoms with E-state index in [4.69, 9.17) is 4.74 Å². The number of benzene rings is 1. The molecule has 2 rings (SSSR count). The average Bonchev–Trinajstić information content (AvgIpc) is 2.54. The Balaban J connectivity index is 1.85. The predicted molar refractivity (Wildman–Crippen MR) is 81.7 cm³/mol. The fourth-order valence-corrected chi connectivity index (χ4v) is 3.02. The highest BCUT2D eigenvalue weighted by molar-refractivity contribution is 7.89.